The fraction of sp³-hybridized carbons (Fsp3) is 0.750. The Morgan fingerprint density at radius 3 is 2.44 bits per heavy atom. The van der Waals surface area contributed by atoms with Crippen LogP contribution in [0.3, 0.4) is 0 Å². The van der Waals surface area contributed by atoms with E-state index in [-0.39, 0.29) is 13.0 Å². The molecule has 0 bridgehead atoms. The maximum atomic E-state index is 12.8. The molecule has 5 N–H and O–H groups in total. The number of aliphatic hydroxyl groups is 4. The summed E-state index contributed by atoms with van der Waals surface area (Å²) in [4.78, 5) is 17.6. The molecule has 8 atom stereocenters. The summed E-state index contributed by atoms with van der Waals surface area (Å²) in [6.07, 6.45) is 2.03. The van der Waals surface area contributed by atoms with Crippen LogP contribution in [0.15, 0.2) is 23.3 Å². The van der Waals surface area contributed by atoms with Gasteiger partial charge in [-0.3, -0.25) is 10.1 Å². The van der Waals surface area contributed by atoms with Gasteiger partial charge in [-0.25, -0.2) is 4.89 Å². The second-order valence-corrected chi connectivity index (χ2v) is 9.47. The van der Waals surface area contributed by atoms with Crippen molar-refractivity contribution < 1.29 is 35.4 Å². The topological polar surface area (TPSA) is 127 Å². The van der Waals surface area contributed by atoms with Crippen molar-refractivity contribution in [3.05, 3.63) is 23.3 Å². The van der Waals surface area contributed by atoms with E-state index in [9.17, 15) is 30.5 Å². The third kappa shape index (κ3) is 1.86. The Labute approximate surface area is 157 Å². The molecule has 2 saturated carbocycles. The molecule has 0 aromatic heterocycles. The largest absolute Gasteiger partial charge is 0.392 e. The minimum atomic E-state index is -1.87. The zero-order chi connectivity index (χ0) is 20.2. The molecule has 7 nitrogen and oxygen atoms in total. The van der Waals surface area contributed by atoms with E-state index in [4.69, 9.17) is 4.89 Å². The van der Waals surface area contributed by atoms with Gasteiger partial charge >= 0.3 is 0 Å². The Bertz CT molecular complexity index is 770. The Morgan fingerprint density at radius 2 is 1.89 bits per heavy atom. The zero-order valence-electron chi connectivity index (χ0n) is 16.0. The normalized spacial score (nSPS) is 52.9. The second kappa shape index (κ2) is 5.28. The molecule has 0 aromatic carbocycles. The Hall–Kier alpha value is -1.09. The molecule has 4 aliphatic rings. The zero-order valence-corrected chi connectivity index (χ0v) is 16.0. The van der Waals surface area contributed by atoms with Crippen molar-refractivity contribution in [2.45, 2.75) is 57.0 Å². The Balaban J connectivity index is 1.96. The Kier molecular flexibility index (Phi) is 3.77. The quantitative estimate of drug-likeness (QED) is 0.267. The number of hydrogen-bond donors (Lipinski definition) is 5. The summed E-state index contributed by atoms with van der Waals surface area (Å²) in [5, 5.41) is 53.8. The van der Waals surface area contributed by atoms with Crippen molar-refractivity contribution in [3.63, 3.8) is 0 Å². The molecule has 27 heavy (non-hydrogen) atoms. The van der Waals surface area contributed by atoms with Crippen LogP contribution in [-0.2, 0) is 9.68 Å². The van der Waals surface area contributed by atoms with E-state index in [2.05, 4.69) is 0 Å². The van der Waals surface area contributed by atoms with Gasteiger partial charge in [-0.05, 0) is 18.1 Å². The fourth-order valence-corrected chi connectivity index (χ4v) is 6.64. The van der Waals surface area contributed by atoms with Crippen molar-refractivity contribution in [2.24, 2.45) is 29.1 Å². The van der Waals surface area contributed by atoms with Crippen LogP contribution < -0.4 is 0 Å². The summed E-state index contributed by atoms with van der Waals surface area (Å²) in [7, 11) is 0. The molecule has 4 rings (SSSR count). The van der Waals surface area contributed by atoms with Gasteiger partial charge in [0.05, 0.1) is 18.3 Å². The lowest BCUT2D eigenvalue weighted by atomic mass is 9.59. The van der Waals surface area contributed by atoms with E-state index in [1.165, 1.54) is 0 Å². The molecule has 0 spiro atoms. The van der Waals surface area contributed by atoms with Crippen molar-refractivity contribution in [1.82, 2.24) is 0 Å². The fourth-order valence-electron chi connectivity index (χ4n) is 6.64. The van der Waals surface area contributed by atoms with Gasteiger partial charge < -0.3 is 20.4 Å². The predicted molar refractivity (Wildman–Crippen MR) is 94.3 cm³/mol. The van der Waals surface area contributed by atoms with Crippen molar-refractivity contribution >= 4 is 5.78 Å². The van der Waals surface area contributed by atoms with Crippen LogP contribution in [0, 0.1) is 29.1 Å². The molecular weight excluding hydrogens is 352 g/mol. The molecule has 0 saturated heterocycles. The average Bonchev–Trinajstić information content (AvgIpc) is 3.08. The number of fused-ring (bicyclic) bond motifs is 5. The van der Waals surface area contributed by atoms with Crippen LogP contribution in [0.4, 0.5) is 0 Å². The SMILES string of the molecule is CC1=C[C@H]2[C@@]3(O)[C@H](C)[C@@H](O)[C@]4(OO)[C@H]([C@@H]3C=C(CO)C[C@]2(O)C1=O)C4(C)C. The molecule has 2 fully saturated rings. The molecule has 150 valence electrons. The van der Waals surface area contributed by atoms with E-state index in [1.54, 1.807) is 26.0 Å². The van der Waals surface area contributed by atoms with Gasteiger partial charge in [-0.1, -0.05) is 32.9 Å². The molecule has 0 unspecified atom stereocenters. The average molecular weight is 380 g/mol. The van der Waals surface area contributed by atoms with Crippen LogP contribution in [0.5, 0.6) is 0 Å². The minimum absolute atomic E-state index is 0.0808. The first kappa shape index (κ1) is 19.2. The number of rotatable bonds is 2. The first-order valence-corrected chi connectivity index (χ1v) is 9.43. The van der Waals surface area contributed by atoms with E-state index < -0.39 is 57.8 Å². The summed E-state index contributed by atoms with van der Waals surface area (Å²) in [5.41, 5.74) is -4.58. The van der Waals surface area contributed by atoms with Gasteiger partial charge in [-0.2, -0.15) is 0 Å². The number of carbonyl (C=O) groups excluding carboxylic acids is 1. The minimum Gasteiger partial charge on any atom is -0.392 e. The lowest BCUT2D eigenvalue weighted by Crippen LogP contribution is -2.65. The molecule has 0 radical (unpaired) electrons. The molecular formula is C20H28O7. The molecule has 7 heteroatoms. The number of ketones is 1. The lowest BCUT2D eigenvalue weighted by Gasteiger charge is -2.52. The van der Waals surface area contributed by atoms with Gasteiger partial charge in [0.15, 0.2) is 5.78 Å². The second-order valence-electron chi connectivity index (χ2n) is 9.47. The third-order valence-corrected chi connectivity index (χ3v) is 8.15. The lowest BCUT2D eigenvalue weighted by molar-refractivity contribution is -0.344. The summed E-state index contributed by atoms with van der Waals surface area (Å²) in [6, 6.07) is 0. The van der Waals surface area contributed by atoms with Crippen molar-refractivity contribution in [3.8, 4) is 0 Å². The monoisotopic (exact) mass is 380 g/mol. The number of carbonyl (C=O) groups is 1. The highest BCUT2D eigenvalue weighted by atomic mass is 17.1. The Morgan fingerprint density at radius 1 is 1.26 bits per heavy atom. The van der Waals surface area contributed by atoms with E-state index in [1.807, 2.05) is 13.8 Å². The van der Waals surface area contributed by atoms with Crippen LogP contribution in [0.25, 0.3) is 0 Å². The van der Waals surface area contributed by atoms with Gasteiger partial charge in [0.1, 0.15) is 11.2 Å². The molecule has 0 heterocycles. The van der Waals surface area contributed by atoms with Crippen LogP contribution >= 0.6 is 0 Å². The summed E-state index contributed by atoms with van der Waals surface area (Å²) in [6.45, 7) is 6.58. The van der Waals surface area contributed by atoms with E-state index >= 15 is 0 Å². The molecule has 0 aliphatic heterocycles. The molecule has 0 amide bonds. The standard InChI is InChI=1S/C20H28O7/c1-9-5-13-18(24,15(9)22)7-11(8-21)6-12-14-17(3,4)20(14,27-26)16(23)10(2)19(12,13)25/h5-6,10,12-14,16,21,23-26H,7-8H2,1-4H3/t10-,12+,13-,14-,16-,18-,19-,20-/m1/s1. The van der Waals surface area contributed by atoms with Crippen LogP contribution in [0.2, 0.25) is 0 Å². The highest BCUT2D eigenvalue weighted by molar-refractivity contribution is 6.04. The third-order valence-electron chi connectivity index (χ3n) is 8.15. The number of aliphatic hydroxyl groups excluding tert-OH is 2. The van der Waals surface area contributed by atoms with Gasteiger partial charge in [0.2, 0.25) is 0 Å². The van der Waals surface area contributed by atoms with E-state index in [0.29, 0.717) is 11.1 Å². The summed E-state index contributed by atoms with van der Waals surface area (Å²) >= 11 is 0. The highest BCUT2D eigenvalue weighted by Crippen LogP contribution is 2.76. The summed E-state index contributed by atoms with van der Waals surface area (Å²) < 4.78 is 0. The molecule has 4 aliphatic carbocycles. The molecule has 0 aromatic rings. The van der Waals surface area contributed by atoms with Crippen LogP contribution in [-0.4, -0.2) is 61.0 Å². The number of hydrogen-bond acceptors (Lipinski definition) is 7. The smallest absolute Gasteiger partial charge is 0.190 e. The maximum Gasteiger partial charge on any atom is 0.190 e. The van der Waals surface area contributed by atoms with Gasteiger partial charge in [0.25, 0.3) is 0 Å². The summed E-state index contributed by atoms with van der Waals surface area (Å²) in [5.74, 6) is -3.25. The van der Waals surface area contributed by atoms with Gasteiger partial charge in [0, 0.05) is 35.5 Å². The van der Waals surface area contributed by atoms with Crippen LogP contribution in [0.1, 0.15) is 34.1 Å². The van der Waals surface area contributed by atoms with Crippen molar-refractivity contribution in [1.29, 1.82) is 0 Å². The maximum absolute atomic E-state index is 12.8. The first-order chi connectivity index (χ1) is 12.4. The van der Waals surface area contributed by atoms with Crippen molar-refractivity contribution in [2.75, 3.05) is 6.61 Å². The number of Topliss-reactive ketones (excluding diaryl/α,β-unsaturated/α-hetero) is 1. The van der Waals surface area contributed by atoms with E-state index in [0.717, 1.165) is 0 Å². The predicted octanol–water partition coefficient (Wildman–Crippen LogP) is 0.427. The van der Waals surface area contributed by atoms with Gasteiger partial charge in [-0.15, -0.1) is 0 Å². The first-order valence-electron chi connectivity index (χ1n) is 9.43. The highest BCUT2D eigenvalue weighted by Gasteiger charge is 2.86.